The lowest BCUT2D eigenvalue weighted by Gasteiger charge is -2.34. The predicted molar refractivity (Wildman–Crippen MR) is 92.9 cm³/mol. The molecule has 1 aliphatic heterocycles. The second-order valence-corrected chi connectivity index (χ2v) is 11.0. The maximum Gasteiger partial charge on any atom is 0.238 e. The van der Waals surface area contributed by atoms with Gasteiger partial charge >= 0.3 is 0 Å². The average Bonchev–Trinajstić information content (AvgIpc) is 2.85. The van der Waals surface area contributed by atoms with Gasteiger partial charge in [-0.05, 0) is 26.2 Å². The third-order valence-corrected chi connectivity index (χ3v) is 8.04. The molecule has 1 atom stereocenters. The summed E-state index contributed by atoms with van der Waals surface area (Å²) in [5, 5.41) is 0. The van der Waals surface area contributed by atoms with Gasteiger partial charge in [0.2, 0.25) is 15.9 Å². The number of likely N-dealkylation sites (N-methyl/N-ethyl adjacent to an activating group) is 1. The topological polar surface area (TPSA) is 91.8 Å². The van der Waals surface area contributed by atoms with Gasteiger partial charge in [-0.15, -0.1) is 0 Å². The van der Waals surface area contributed by atoms with Crippen molar-refractivity contribution in [1.82, 2.24) is 9.21 Å². The Morgan fingerprint density at radius 3 is 2.17 bits per heavy atom. The lowest BCUT2D eigenvalue weighted by atomic mass is 9.95. The molecular weight excluding hydrogens is 352 g/mol. The lowest BCUT2D eigenvalue weighted by molar-refractivity contribution is -0.133. The van der Waals surface area contributed by atoms with Gasteiger partial charge in [0.15, 0.2) is 9.84 Å². The number of sulfone groups is 1. The van der Waals surface area contributed by atoms with Crippen molar-refractivity contribution in [2.24, 2.45) is 0 Å². The molecule has 9 heteroatoms. The van der Waals surface area contributed by atoms with Crippen LogP contribution in [0.4, 0.5) is 0 Å². The second kappa shape index (κ2) is 7.70. The van der Waals surface area contributed by atoms with E-state index in [1.54, 1.807) is 6.92 Å². The first kappa shape index (κ1) is 19.7. The molecule has 0 spiro atoms. The largest absolute Gasteiger partial charge is 0.338 e. The van der Waals surface area contributed by atoms with Crippen LogP contribution in [0.3, 0.4) is 0 Å². The normalized spacial score (nSPS) is 25.0. The summed E-state index contributed by atoms with van der Waals surface area (Å²) in [6.45, 7) is 2.00. The molecule has 0 aromatic heterocycles. The predicted octanol–water partition coefficient (Wildman–Crippen LogP) is 0.616. The highest BCUT2D eigenvalue weighted by atomic mass is 32.2. The van der Waals surface area contributed by atoms with Gasteiger partial charge in [0.1, 0.15) is 0 Å². The van der Waals surface area contributed by atoms with E-state index in [9.17, 15) is 21.6 Å². The van der Waals surface area contributed by atoms with E-state index < -0.39 is 19.9 Å². The first-order chi connectivity index (χ1) is 11.1. The van der Waals surface area contributed by atoms with Crippen molar-refractivity contribution in [3.05, 3.63) is 0 Å². The van der Waals surface area contributed by atoms with Gasteiger partial charge in [0.25, 0.3) is 0 Å². The second-order valence-electron chi connectivity index (χ2n) is 6.84. The molecule has 2 aliphatic rings. The van der Waals surface area contributed by atoms with Crippen molar-refractivity contribution >= 4 is 25.8 Å². The van der Waals surface area contributed by atoms with Crippen LogP contribution in [0.5, 0.6) is 0 Å². The quantitative estimate of drug-likeness (QED) is 0.673. The minimum Gasteiger partial charge on any atom is -0.338 e. The molecule has 2 fully saturated rings. The molecule has 24 heavy (non-hydrogen) atoms. The van der Waals surface area contributed by atoms with E-state index in [1.807, 2.05) is 0 Å². The Hall–Kier alpha value is -0.670. The number of carbonyl (C=O) groups is 1. The molecule has 0 radical (unpaired) electrons. The van der Waals surface area contributed by atoms with Crippen LogP contribution in [-0.2, 0) is 24.7 Å². The fraction of sp³-hybridized carbons (Fsp3) is 0.933. The van der Waals surface area contributed by atoms with Gasteiger partial charge in [-0.2, -0.15) is 4.31 Å². The molecule has 0 aromatic rings. The lowest BCUT2D eigenvalue weighted by Crippen LogP contribution is -2.50. The highest BCUT2D eigenvalue weighted by Gasteiger charge is 2.36. The maximum absolute atomic E-state index is 12.7. The molecule has 2 rings (SSSR count). The van der Waals surface area contributed by atoms with Crippen LogP contribution in [0.25, 0.3) is 0 Å². The Kier molecular flexibility index (Phi) is 6.30. The monoisotopic (exact) mass is 380 g/mol. The Morgan fingerprint density at radius 1 is 1.08 bits per heavy atom. The number of hydrogen-bond acceptors (Lipinski definition) is 5. The van der Waals surface area contributed by atoms with Crippen LogP contribution >= 0.6 is 0 Å². The van der Waals surface area contributed by atoms with E-state index in [0.717, 1.165) is 38.4 Å². The molecule has 0 bridgehead atoms. The highest BCUT2D eigenvalue weighted by Crippen LogP contribution is 2.25. The Balaban J connectivity index is 2.10. The molecule has 1 heterocycles. The van der Waals surface area contributed by atoms with Crippen LogP contribution < -0.4 is 0 Å². The third kappa shape index (κ3) is 4.92. The summed E-state index contributed by atoms with van der Waals surface area (Å²) in [5.41, 5.74) is 0. The standard InChI is InChI=1S/C15H28N2O5S2/c1-3-16(14-9-10-24(21,22)12-14)15(18)11-17(23(2,19)20)13-7-5-4-6-8-13/h13-14H,3-12H2,1-2H3. The van der Waals surface area contributed by atoms with Crippen LogP contribution in [0.1, 0.15) is 45.4 Å². The summed E-state index contributed by atoms with van der Waals surface area (Å²) < 4.78 is 49.0. The highest BCUT2D eigenvalue weighted by molar-refractivity contribution is 7.91. The zero-order valence-corrected chi connectivity index (χ0v) is 16.1. The third-order valence-electron chi connectivity index (χ3n) is 5.01. The van der Waals surface area contributed by atoms with Crippen molar-refractivity contribution in [2.45, 2.75) is 57.5 Å². The van der Waals surface area contributed by atoms with Gasteiger partial charge < -0.3 is 4.90 Å². The van der Waals surface area contributed by atoms with Crippen LogP contribution in [-0.4, -0.2) is 74.9 Å². The summed E-state index contributed by atoms with van der Waals surface area (Å²) in [7, 11) is -6.57. The fourth-order valence-electron chi connectivity index (χ4n) is 3.77. The van der Waals surface area contributed by atoms with Crippen LogP contribution in [0, 0.1) is 0 Å². The number of rotatable bonds is 6. The van der Waals surface area contributed by atoms with E-state index in [1.165, 1.54) is 9.21 Å². The fourth-order valence-corrected chi connectivity index (χ4v) is 6.60. The van der Waals surface area contributed by atoms with Gasteiger partial charge in [0.05, 0.1) is 24.3 Å². The molecule has 1 saturated heterocycles. The summed E-state index contributed by atoms with van der Waals surface area (Å²) in [6.07, 6.45) is 6.19. The molecule has 1 saturated carbocycles. The van der Waals surface area contributed by atoms with E-state index in [4.69, 9.17) is 0 Å². The van der Waals surface area contributed by atoms with E-state index >= 15 is 0 Å². The van der Waals surface area contributed by atoms with Crippen molar-refractivity contribution in [3.8, 4) is 0 Å². The minimum atomic E-state index is -3.48. The van der Waals surface area contributed by atoms with Crippen molar-refractivity contribution in [1.29, 1.82) is 0 Å². The molecule has 140 valence electrons. The van der Waals surface area contributed by atoms with E-state index in [0.29, 0.717) is 13.0 Å². The first-order valence-electron chi connectivity index (χ1n) is 8.61. The van der Waals surface area contributed by atoms with Crippen molar-refractivity contribution < 1.29 is 21.6 Å². The molecule has 7 nitrogen and oxygen atoms in total. The smallest absolute Gasteiger partial charge is 0.238 e. The summed E-state index contributed by atoms with van der Waals surface area (Å²) in [4.78, 5) is 14.2. The summed E-state index contributed by atoms with van der Waals surface area (Å²) >= 11 is 0. The number of hydrogen-bond donors (Lipinski definition) is 0. The maximum atomic E-state index is 12.7. The Labute approximate surface area is 145 Å². The zero-order chi connectivity index (χ0) is 18.0. The van der Waals surface area contributed by atoms with E-state index in [2.05, 4.69) is 0 Å². The molecule has 1 amide bonds. The molecule has 1 aliphatic carbocycles. The van der Waals surface area contributed by atoms with Gasteiger partial charge in [-0.3, -0.25) is 4.79 Å². The number of nitrogens with zero attached hydrogens (tertiary/aromatic N) is 2. The molecule has 0 N–H and O–H groups in total. The SMILES string of the molecule is CCN(C(=O)CN(C1CCCCC1)S(C)(=O)=O)C1CCS(=O)(=O)C1. The summed E-state index contributed by atoms with van der Waals surface area (Å²) in [6, 6.07) is -0.455. The summed E-state index contributed by atoms with van der Waals surface area (Å²) in [5.74, 6) is -0.218. The number of sulfonamides is 1. The van der Waals surface area contributed by atoms with Gasteiger partial charge in [0, 0.05) is 18.6 Å². The number of carbonyl (C=O) groups excluding carboxylic acids is 1. The van der Waals surface area contributed by atoms with Gasteiger partial charge in [-0.1, -0.05) is 19.3 Å². The average molecular weight is 381 g/mol. The van der Waals surface area contributed by atoms with Crippen LogP contribution in [0.2, 0.25) is 0 Å². The van der Waals surface area contributed by atoms with Gasteiger partial charge in [-0.25, -0.2) is 16.8 Å². The van der Waals surface area contributed by atoms with E-state index in [-0.39, 0.29) is 36.0 Å². The number of amides is 1. The molecular formula is C15H28N2O5S2. The Morgan fingerprint density at radius 2 is 1.71 bits per heavy atom. The van der Waals surface area contributed by atoms with Crippen molar-refractivity contribution in [3.63, 3.8) is 0 Å². The minimum absolute atomic E-state index is 0.0190. The zero-order valence-electron chi connectivity index (χ0n) is 14.5. The molecule has 0 aromatic carbocycles. The van der Waals surface area contributed by atoms with Crippen LogP contribution in [0.15, 0.2) is 0 Å². The van der Waals surface area contributed by atoms with Crippen molar-refractivity contribution in [2.75, 3.05) is 30.9 Å². The first-order valence-corrected chi connectivity index (χ1v) is 12.3. The Bertz CT molecular complexity index is 653. The molecule has 1 unspecified atom stereocenters.